The van der Waals surface area contributed by atoms with E-state index in [9.17, 15) is 0 Å². The molecule has 0 fully saturated rings. The summed E-state index contributed by atoms with van der Waals surface area (Å²) in [6, 6.07) is 5.55. The number of nitrogens with zero attached hydrogens (tertiary/aromatic N) is 1. The van der Waals surface area contributed by atoms with Crippen molar-refractivity contribution in [2.45, 2.75) is 91.2 Å². The minimum atomic E-state index is -1.40. The van der Waals surface area contributed by atoms with Crippen molar-refractivity contribution in [2.75, 3.05) is 19.7 Å². The second kappa shape index (κ2) is 11.0. The molecule has 21 heavy (non-hydrogen) atoms. The molecule has 0 atom stereocenters. The Balaban J connectivity index is 4.62. The lowest BCUT2D eigenvalue weighted by atomic mass is 10.3. The van der Waals surface area contributed by atoms with Crippen molar-refractivity contribution >= 4 is 16.6 Å². The van der Waals surface area contributed by atoms with Crippen LogP contribution in [0.25, 0.3) is 0 Å². The van der Waals surface area contributed by atoms with Gasteiger partial charge in [-0.05, 0) is 70.1 Å². The first-order valence-corrected chi connectivity index (χ1v) is 15.0. The van der Waals surface area contributed by atoms with Gasteiger partial charge in [-0.3, -0.25) is 0 Å². The van der Waals surface area contributed by atoms with E-state index in [1.54, 1.807) is 0 Å². The average molecular weight is 332 g/mol. The molecule has 2 nitrogen and oxygen atoms in total. The first-order chi connectivity index (χ1) is 9.91. The van der Waals surface area contributed by atoms with Crippen LogP contribution in [-0.2, 0) is 4.43 Å². The average Bonchev–Trinajstić information content (AvgIpc) is 2.46. The Labute approximate surface area is 136 Å². The summed E-state index contributed by atoms with van der Waals surface area (Å²) in [6.07, 6.45) is 4.01. The maximum Gasteiger partial charge on any atom is 0.186 e. The van der Waals surface area contributed by atoms with Gasteiger partial charge >= 0.3 is 0 Å². The molecule has 0 aliphatic heterocycles. The second-order valence-electron chi connectivity index (χ2n) is 6.92. The first kappa shape index (κ1) is 21.4. The zero-order chi connectivity index (χ0) is 16.4. The van der Waals surface area contributed by atoms with E-state index in [0.717, 1.165) is 6.61 Å². The molecule has 0 aromatic rings. The normalized spacial score (nSPS) is 13.1. The zero-order valence-corrected chi connectivity index (χ0v) is 17.9. The van der Waals surface area contributed by atoms with Crippen LogP contribution < -0.4 is 0 Å². The largest absolute Gasteiger partial charge is 0.418 e. The van der Waals surface area contributed by atoms with E-state index in [2.05, 4.69) is 52.3 Å². The van der Waals surface area contributed by atoms with Crippen LogP contribution in [0.15, 0.2) is 0 Å². The van der Waals surface area contributed by atoms with Crippen molar-refractivity contribution in [1.29, 1.82) is 0 Å². The summed E-state index contributed by atoms with van der Waals surface area (Å²) in [4.78, 5) is 0. The van der Waals surface area contributed by atoms with Crippen molar-refractivity contribution in [3.8, 4) is 0 Å². The van der Waals surface area contributed by atoms with Crippen LogP contribution in [0.4, 0.5) is 0 Å². The highest BCUT2D eigenvalue weighted by atomic mass is 28.4. The molecule has 0 rings (SSSR count). The van der Waals surface area contributed by atoms with Gasteiger partial charge in [0.05, 0.1) is 0 Å². The van der Waals surface area contributed by atoms with Crippen molar-refractivity contribution < 1.29 is 4.43 Å². The maximum atomic E-state index is 5.99. The minimum Gasteiger partial charge on any atom is -0.418 e. The van der Waals surface area contributed by atoms with E-state index in [1.165, 1.54) is 56.5 Å². The molecule has 0 aromatic heterocycles. The number of rotatable bonds is 13. The van der Waals surface area contributed by atoms with E-state index in [1.807, 2.05) is 0 Å². The molecule has 0 spiro atoms. The number of hydrogen-bond donors (Lipinski definition) is 0. The van der Waals surface area contributed by atoms with Crippen molar-refractivity contribution in [2.24, 2.45) is 0 Å². The predicted octanol–water partition coefficient (Wildman–Crippen LogP) is 5.73. The lowest BCUT2D eigenvalue weighted by molar-refractivity contribution is 0.324. The first-order valence-electron chi connectivity index (χ1n) is 9.30. The molecule has 0 saturated heterocycles. The molecule has 4 heteroatoms. The van der Waals surface area contributed by atoms with Crippen LogP contribution in [0.2, 0.25) is 37.3 Å². The Hall–Kier alpha value is 0.354. The number of unbranched alkanes of at least 4 members (excludes halogenated alkanes) is 1. The molecule has 128 valence electrons. The van der Waals surface area contributed by atoms with Crippen molar-refractivity contribution in [3.63, 3.8) is 0 Å². The molecular formula is C17H41NOSi2. The van der Waals surface area contributed by atoms with Crippen LogP contribution >= 0.6 is 0 Å². The van der Waals surface area contributed by atoms with Crippen LogP contribution in [0.3, 0.4) is 0 Å². The lowest BCUT2D eigenvalue weighted by Crippen LogP contribution is -2.53. The van der Waals surface area contributed by atoms with Gasteiger partial charge in [0.15, 0.2) is 8.32 Å². The molecule has 0 unspecified atom stereocenters. The topological polar surface area (TPSA) is 12.5 Å². The Morgan fingerprint density at radius 2 is 1.33 bits per heavy atom. The van der Waals surface area contributed by atoms with Crippen LogP contribution in [-0.4, -0.2) is 40.8 Å². The third-order valence-electron chi connectivity index (χ3n) is 5.17. The third kappa shape index (κ3) is 7.44. The number of hydrogen-bond acceptors (Lipinski definition) is 2. The Kier molecular flexibility index (Phi) is 11.2. The second-order valence-corrected chi connectivity index (χ2v) is 16.4. The summed E-state index contributed by atoms with van der Waals surface area (Å²) >= 11 is 0. The van der Waals surface area contributed by atoms with Gasteiger partial charge in [0.1, 0.15) is 8.24 Å². The van der Waals surface area contributed by atoms with E-state index in [-0.39, 0.29) is 0 Å². The van der Waals surface area contributed by atoms with Gasteiger partial charge in [-0.1, -0.05) is 34.1 Å². The Morgan fingerprint density at radius 3 is 1.76 bits per heavy atom. The Bertz CT molecular complexity index is 247. The van der Waals surface area contributed by atoms with Gasteiger partial charge < -0.3 is 8.99 Å². The van der Waals surface area contributed by atoms with Crippen LogP contribution in [0.1, 0.15) is 53.9 Å². The molecule has 0 radical (unpaired) electrons. The fourth-order valence-electron chi connectivity index (χ4n) is 3.51. The van der Waals surface area contributed by atoms with Gasteiger partial charge in [-0.15, -0.1) is 0 Å². The van der Waals surface area contributed by atoms with E-state index in [0.29, 0.717) is 0 Å². The highest BCUT2D eigenvalue weighted by Crippen LogP contribution is 2.26. The SMILES string of the molecule is CCCCN(CCC[Si](C)(C)OCC)[Si](CC)(CC)CC. The summed E-state index contributed by atoms with van der Waals surface area (Å²) in [6.45, 7) is 20.0. The molecule has 0 N–H and O–H groups in total. The quantitative estimate of drug-likeness (QED) is 0.400. The van der Waals surface area contributed by atoms with E-state index in [4.69, 9.17) is 4.43 Å². The monoisotopic (exact) mass is 331 g/mol. The van der Waals surface area contributed by atoms with Gasteiger partial charge in [-0.2, -0.15) is 0 Å². The van der Waals surface area contributed by atoms with Crippen LogP contribution in [0.5, 0.6) is 0 Å². The smallest absolute Gasteiger partial charge is 0.186 e. The van der Waals surface area contributed by atoms with Gasteiger partial charge in [0, 0.05) is 6.61 Å². The third-order valence-corrected chi connectivity index (χ3v) is 13.5. The molecule has 0 amide bonds. The molecule has 0 aliphatic carbocycles. The van der Waals surface area contributed by atoms with Crippen LogP contribution in [0, 0.1) is 0 Å². The highest BCUT2D eigenvalue weighted by Gasteiger charge is 2.34. The molecular weight excluding hydrogens is 290 g/mol. The molecule has 0 bridgehead atoms. The highest BCUT2D eigenvalue weighted by molar-refractivity contribution is 6.77. The van der Waals surface area contributed by atoms with Crippen molar-refractivity contribution in [3.05, 3.63) is 0 Å². The lowest BCUT2D eigenvalue weighted by Gasteiger charge is -2.41. The Morgan fingerprint density at radius 1 is 0.810 bits per heavy atom. The molecule has 0 saturated carbocycles. The van der Waals surface area contributed by atoms with E-state index < -0.39 is 16.6 Å². The zero-order valence-electron chi connectivity index (χ0n) is 15.9. The van der Waals surface area contributed by atoms with Gasteiger partial charge in [-0.25, -0.2) is 0 Å². The summed E-state index contributed by atoms with van der Waals surface area (Å²) in [5, 5.41) is 0. The van der Waals surface area contributed by atoms with E-state index >= 15 is 0 Å². The standard InChI is InChI=1S/C17H41NOSi2/c1-8-13-15-18(21(10-3,11-4)12-5)16-14-17-20(6,7)19-9-2/h8-17H2,1-7H3. The summed E-state index contributed by atoms with van der Waals surface area (Å²) in [5.41, 5.74) is 0. The summed E-state index contributed by atoms with van der Waals surface area (Å²) in [5.74, 6) is 0. The fraction of sp³-hybridized carbons (Fsp3) is 1.00. The van der Waals surface area contributed by atoms with Gasteiger partial charge in [0.2, 0.25) is 0 Å². The fourth-order valence-corrected chi connectivity index (χ4v) is 9.56. The predicted molar refractivity (Wildman–Crippen MR) is 102 cm³/mol. The molecule has 0 aromatic carbocycles. The van der Waals surface area contributed by atoms with Crippen molar-refractivity contribution in [1.82, 2.24) is 4.57 Å². The summed E-state index contributed by atoms with van der Waals surface area (Å²) in [7, 11) is -2.59. The molecule has 0 aliphatic rings. The summed E-state index contributed by atoms with van der Waals surface area (Å²) < 4.78 is 8.93. The maximum absolute atomic E-state index is 5.99. The molecule has 0 heterocycles. The van der Waals surface area contributed by atoms with Gasteiger partial charge in [0.25, 0.3) is 0 Å². The minimum absolute atomic E-state index is 0.885.